The quantitative estimate of drug-likeness (QED) is 0.746. The number of halogens is 1. The summed E-state index contributed by atoms with van der Waals surface area (Å²) in [5, 5.41) is 2.08. The number of hydrogen-bond donors (Lipinski definition) is 1. The molecular formula is C16H19ClN4O4S. The highest BCUT2D eigenvalue weighted by Gasteiger charge is 2.25. The average molecular weight is 399 g/mol. The fourth-order valence-electron chi connectivity index (χ4n) is 2.19. The zero-order valence-corrected chi connectivity index (χ0v) is 16.1. The summed E-state index contributed by atoms with van der Waals surface area (Å²) in [4.78, 5) is 21.8. The molecule has 0 bridgehead atoms. The molecule has 0 saturated carbocycles. The van der Waals surface area contributed by atoms with Crippen LogP contribution >= 0.6 is 11.6 Å². The molecule has 2 aromatic rings. The van der Waals surface area contributed by atoms with Crippen LogP contribution < -0.4 is 15.0 Å². The number of carbonyl (C=O) groups is 1. The Labute approximate surface area is 157 Å². The van der Waals surface area contributed by atoms with Crippen LogP contribution in [-0.2, 0) is 9.84 Å². The number of nitrogens with zero attached hydrogens (tertiary/aromatic N) is 3. The Morgan fingerprint density at radius 3 is 2.35 bits per heavy atom. The fourth-order valence-corrected chi connectivity index (χ4v) is 3.58. The molecule has 0 saturated heterocycles. The summed E-state index contributed by atoms with van der Waals surface area (Å²) in [5.74, 6) is 0.285. The summed E-state index contributed by atoms with van der Waals surface area (Å²) in [6.45, 7) is 4.95. The second-order valence-corrected chi connectivity index (χ2v) is 7.57. The SMILES string of the molecule is CCN(CC)c1nc(Cl)c(S(C)(=O)=O)c(NC(=O)Oc2ccccc2)n1. The Morgan fingerprint density at radius 1 is 1.19 bits per heavy atom. The Kier molecular flexibility index (Phi) is 6.38. The molecule has 0 aliphatic rings. The van der Waals surface area contributed by atoms with Crippen LogP contribution in [0.25, 0.3) is 0 Å². The molecular weight excluding hydrogens is 380 g/mol. The summed E-state index contributed by atoms with van der Waals surface area (Å²) in [7, 11) is -3.78. The molecule has 1 heterocycles. The molecule has 2 rings (SSSR count). The minimum atomic E-state index is -3.78. The van der Waals surface area contributed by atoms with Gasteiger partial charge in [-0.25, -0.2) is 13.2 Å². The van der Waals surface area contributed by atoms with Gasteiger partial charge in [0.2, 0.25) is 5.95 Å². The molecule has 8 nitrogen and oxygen atoms in total. The standard InChI is InChI=1S/C16H19ClN4O4S/c1-4-21(5-2)15-18-13(17)12(26(3,23)24)14(19-15)20-16(22)25-11-9-7-6-8-10-11/h6-10H,4-5H2,1-3H3,(H,18,19,20,22). The molecule has 10 heteroatoms. The Morgan fingerprint density at radius 2 is 1.81 bits per heavy atom. The van der Waals surface area contributed by atoms with Crippen molar-refractivity contribution >= 4 is 39.3 Å². The number of rotatable bonds is 6. The molecule has 0 spiro atoms. The first-order valence-electron chi connectivity index (χ1n) is 7.82. The molecule has 1 N–H and O–H groups in total. The van der Waals surface area contributed by atoms with Crippen LogP contribution in [0.1, 0.15) is 13.8 Å². The summed E-state index contributed by atoms with van der Waals surface area (Å²) in [5.41, 5.74) is 0. The second-order valence-electron chi connectivity index (χ2n) is 5.26. The van der Waals surface area contributed by atoms with Crippen molar-refractivity contribution in [3.8, 4) is 5.75 Å². The van der Waals surface area contributed by atoms with Gasteiger partial charge >= 0.3 is 6.09 Å². The van der Waals surface area contributed by atoms with Crippen molar-refractivity contribution in [2.24, 2.45) is 0 Å². The van der Waals surface area contributed by atoms with E-state index in [-0.39, 0.29) is 21.8 Å². The highest BCUT2D eigenvalue weighted by molar-refractivity contribution is 7.91. The van der Waals surface area contributed by atoms with Gasteiger partial charge in [0.25, 0.3) is 0 Å². The van der Waals surface area contributed by atoms with Crippen molar-refractivity contribution in [3.63, 3.8) is 0 Å². The molecule has 26 heavy (non-hydrogen) atoms. The number of nitrogens with one attached hydrogen (secondary N) is 1. The van der Waals surface area contributed by atoms with Gasteiger partial charge in [-0.2, -0.15) is 9.97 Å². The summed E-state index contributed by atoms with van der Waals surface area (Å²) in [6.07, 6.45) is 0.0731. The number of benzene rings is 1. The van der Waals surface area contributed by atoms with Gasteiger partial charge in [0.1, 0.15) is 10.6 Å². The monoisotopic (exact) mass is 398 g/mol. The average Bonchev–Trinajstić information content (AvgIpc) is 2.55. The van der Waals surface area contributed by atoms with Gasteiger partial charge in [0, 0.05) is 19.3 Å². The maximum atomic E-state index is 12.1. The van der Waals surface area contributed by atoms with Crippen LogP contribution in [0.5, 0.6) is 5.75 Å². The molecule has 1 amide bonds. The smallest absolute Gasteiger partial charge is 0.410 e. The first kappa shape index (κ1) is 19.9. The predicted octanol–water partition coefficient (Wildman–Crippen LogP) is 2.99. The lowest BCUT2D eigenvalue weighted by atomic mass is 10.3. The van der Waals surface area contributed by atoms with Gasteiger partial charge < -0.3 is 9.64 Å². The van der Waals surface area contributed by atoms with Crippen LogP contribution in [0, 0.1) is 0 Å². The van der Waals surface area contributed by atoms with Crippen molar-refractivity contribution < 1.29 is 17.9 Å². The lowest BCUT2D eigenvalue weighted by Crippen LogP contribution is -2.26. The van der Waals surface area contributed by atoms with E-state index in [2.05, 4.69) is 15.3 Å². The number of sulfone groups is 1. The van der Waals surface area contributed by atoms with E-state index in [9.17, 15) is 13.2 Å². The van der Waals surface area contributed by atoms with Crippen molar-refractivity contribution in [2.45, 2.75) is 18.7 Å². The van der Waals surface area contributed by atoms with E-state index in [0.29, 0.717) is 18.8 Å². The van der Waals surface area contributed by atoms with Crippen molar-refractivity contribution in [2.75, 3.05) is 29.6 Å². The molecule has 0 aliphatic heterocycles. The summed E-state index contributed by atoms with van der Waals surface area (Å²) in [6, 6.07) is 8.35. The Bertz CT molecular complexity index is 887. The highest BCUT2D eigenvalue weighted by atomic mass is 35.5. The minimum absolute atomic E-state index is 0.211. The largest absolute Gasteiger partial charge is 0.418 e. The van der Waals surface area contributed by atoms with Gasteiger partial charge in [-0.1, -0.05) is 29.8 Å². The fraction of sp³-hybridized carbons (Fsp3) is 0.312. The van der Waals surface area contributed by atoms with E-state index in [4.69, 9.17) is 16.3 Å². The second kappa shape index (κ2) is 8.33. The molecule has 1 aromatic carbocycles. The van der Waals surface area contributed by atoms with Gasteiger partial charge in [0.05, 0.1) is 0 Å². The van der Waals surface area contributed by atoms with Crippen LogP contribution in [0.2, 0.25) is 5.15 Å². The van der Waals surface area contributed by atoms with E-state index < -0.39 is 15.9 Å². The topological polar surface area (TPSA) is 101 Å². The molecule has 0 atom stereocenters. The number of carbonyl (C=O) groups excluding carboxylic acids is 1. The third-order valence-corrected chi connectivity index (χ3v) is 4.92. The third-order valence-electron chi connectivity index (χ3n) is 3.40. The molecule has 0 aliphatic carbocycles. The van der Waals surface area contributed by atoms with E-state index in [1.807, 2.05) is 13.8 Å². The van der Waals surface area contributed by atoms with Gasteiger partial charge in [-0.3, -0.25) is 5.32 Å². The third kappa shape index (κ3) is 4.83. The highest BCUT2D eigenvalue weighted by Crippen LogP contribution is 2.29. The van der Waals surface area contributed by atoms with Gasteiger partial charge in [-0.05, 0) is 26.0 Å². The lowest BCUT2D eigenvalue weighted by molar-refractivity contribution is 0.215. The predicted molar refractivity (Wildman–Crippen MR) is 99.8 cm³/mol. The number of amides is 1. The summed E-state index contributed by atoms with van der Waals surface area (Å²) >= 11 is 6.07. The Balaban J connectivity index is 2.41. The number of anilines is 2. The van der Waals surface area contributed by atoms with E-state index in [1.165, 1.54) is 0 Å². The number of hydrogen-bond acceptors (Lipinski definition) is 7. The summed E-state index contributed by atoms with van der Waals surface area (Å²) < 4.78 is 29.2. The first-order valence-corrected chi connectivity index (χ1v) is 10.1. The van der Waals surface area contributed by atoms with Crippen LogP contribution in [0.3, 0.4) is 0 Å². The molecule has 140 valence electrons. The van der Waals surface area contributed by atoms with Crippen LogP contribution in [-0.4, -0.2) is 43.8 Å². The molecule has 0 radical (unpaired) electrons. The minimum Gasteiger partial charge on any atom is -0.410 e. The van der Waals surface area contributed by atoms with E-state index in [1.54, 1.807) is 35.2 Å². The maximum Gasteiger partial charge on any atom is 0.418 e. The van der Waals surface area contributed by atoms with Crippen LogP contribution in [0.4, 0.5) is 16.6 Å². The molecule has 0 fully saturated rings. The van der Waals surface area contributed by atoms with Gasteiger partial charge in [-0.15, -0.1) is 0 Å². The number of ether oxygens (including phenoxy) is 1. The van der Waals surface area contributed by atoms with Crippen molar-refractivity contribution in [3.05, 3.63) is 35.5 Å². The van der Waals surface area contributed by atoms with E-state index in [0.717, 1.165) is 6.26 Å². The Hall–Kier alpha value is -2.39. The zero-order valence-electron chi connectivity index (χ0n) is 14.6. The molecule has 0 unspecified atom stereocenters. The first-order chi connectivity index (χ1) is 12.3. The number of para-hydroxylation sites is 1. The zero-order chi connectivity index (χ0) is 19.3. The van der Waals surface area contributed by atoms with Crippen molar-refractivity contribution in [1.29, 1.82) is 0 Å². The van der Waals surface area contributed by atoms with E-state index >= 15 is 0 Å². The maximum absolute atomic E-state index is 12.1. The number of aromatic nitrogens is 2. The van der Waals surface area contributed by atoms with Crippen LogP contribution in [0.15, 0.2) is 35.2 Å². The van der Waals surface area contributed by atoms with Crippen molar-refractivity contribution in [1.82, 2.24) is 9.97 Å². The van der Waals surface area contributed by atoms with Gasteiger partial charge in [0.15, 0.2) is 20.8 Å². The molecule has 1 aromatic heterocycles. The normalized spacial score (nSPS) is 11.1. The lowest BCUT2D eigenvalue weighted by Gasteiger charge is -2.20.